The van der Waals surface area contributed by atoms with E-state index in [9.17, 15) is 29.1 Å². The third-order valence-electron chi connectivity index (χ3n) is 15.8. The number of hydroxylamine groups is 2. The SMILES string of the molecule is BrCc1ccccc1.CC(=O)c1cc2ccc(OCc3ccccc3)cc2s1.CCOC(=O)c1cc2ccc(O)cc2s1.COCN.CON(C)C(=O)c1cc2ccc(OCc3ccccc3)cc2s1.O=C(CBr)c1cc2ccc(OCc3ccccc3)cc2s1.O=C(O)c1cc2ccc(OCc3ccccc3)cc2s1.[2HH].[Br-].[CH3-].[Mg+2]. The number of hydrogen-bond acceptors (Lipinski definition) is 19. The summed E-state index contributed by atoms with van der Waals surface area (Å²) >= 11 is 13.6. The van der Waals surface area contributed by atoms with E-state index in [1.807, 2.05) is 231 Å². The van der Waals surface area contributed by atoms with Crippen LogP contribution >= 0.6 is 88.5 Å². The molecular weight excluding hydrogens is 1750 g/mol. The Bertz CT molecular complexity index is 5330. The van der Waals surface area contributed by atoms with Crippen molar-refractivity contribution in [2.45, 2.75) is 45.6 Å². The van der Waals surface area contributed by atoms with E-state index in [0.717, 1.165) is 111 Å². The topological polar surface area (TPSA) is 220 Å². The van der Waals surface area contributed by atoms with Crippen LogP contribution in [0.5, 0.6) is 28.7 Å². The fourth-order valence-electron chi connectivity index (χ4n) is 10.1. The molecule has 0 atom stereocenters. The van der Waals surface area contributed by atoms with Gasteiger partial charge in [0.05, 0.1) is 40.4 Å². The van der Waals surface area contributed by atoms with Gasteiger partial charge in [-0.1, -0.05) is 184 Å². The number of phenols is 1. The summed E-state index contributed by atoms with van der Waals surface area (Å²) in [5, 5.41) is 25.9. The number of nitrogens with two attached hydrogens (primary N) is 1. The molecule has 0 spiro atoms. The fraction of sp³-hybridized carbons (Fsp3) is 0.146. The summed E-state index contributed by atoms with van der Waals surface area (Å²) in [4.78, 5) is 65.7. The second-order valence-electron chi connectivity index (χ2n) is 23.9. The number of halogens is 3. The average molecular weight is 1830 g/mol. The summed E-state index contributed by atoms with van der Waals surface area (Å²) in [5.41, 5.74) is 10.6. The molecule has 588 valence electrons. The van der Waals surface area contributed by atoms with Crippen molar-refractivity contribution < 1.29 is 85.9 Å². The number of carboxylic acid groups (broad SMARTS) is 1. The smallest absolute Gasteiger partial charge is 1.00 e. The minimum atomic E-state index is -0.891. The first kappa shape index (κ1) is 93.7. The van der Waals surface area contributed by atoms with Crippen molar-refractivity contribution >= 4 is 191 Å². The van der Waals surface area contributed by atoms with Gasteiger partial charge in [-0.3, -0.25) is 19.2 Å². The van der Waals surface area contributed by atoms with Gasteiger partial charge in [-0.15, -0.1) is 56.7 Å². The van der Waals surface area contributed by atoms with Crippen molar-refractivity contribution in [3.05, 3.63) is 333 Å². The summed E-state index contributed by atoms with van der Waals surface area (Å²) in [6.07, 6.45) is 0. The molecule has 0 aliphatic rings. The summed E-state index contributed by atoms with van der Waals surface area (Å²) < 4.78 is 37.4. The molecule has 0 saturated carbocycles. The largest absolute Gasteiger partial charge is 2.00 e. The Hall–Kier alpha value is -9.16. The van der Waals surface area contributed by atoms with Crippen LogP contribution in [0.1, 0.15) is 91.4 Å². The minimum Gasteiger partial charge on any atom is -1.00 e. The van der Waals surface area contributed by atoms with E-state index in [1.165, 1.54) is 74.4 Å². The number of fused-ring (bicyclic) bond motifs is 5. The quantitative estimate of drug-likeness (QED) is 0.0109. The normalized spacial score (nSPS) is 10.1. The molecule has 114 heavy (non-hydrogen) atoms. The molecule has 0 fully saturated rings. The molecule has 0 unspecified atom stereocenters. The number of aromatic hydroxyl groups is 1. The second-order valence-corrected chi connectivity index (χ2v) is 30.4. The summed E-state index contributed by atoms with van der Waals surface area (Å²) in [6, 6.07) is 88.0. The molecule has 4 N–H and O–H groups in total. The zero-order valence-electron chi connectivity index (χ0n) is 63.3. The molecule has 0 aliphatic carbocycles. The number of carbonyl (C=O) groups is 5. The Morgan fingerprint density at radius 3 is 1.08 bits per heavy atom. The van der Waals surface area contributed by atoms with Crippen molar-refractivity contribution in [2.24, 2.45) is 5.73 Å². The molecule has 0 radical (unpaired) electrons. The molecule has 10 aromatic carbocycles. The standard InChI is InChI=1S/C18H17NO3S.C17H13BrO2S.C17H14O2S.C16H12O3S.C11H10O3S.C7H7Br.C2H7NO.CH3.BrH.Mg.H2/c1-19(21-2)18(20)17-10-14-8-9-15(11-16(14)23-17)22-12-13-6-4-3-5-7-13;18-10-15(19)17-8-13-6-7-14(9-16(13)21-17)20-11-12-4-2-1-3-5-12;1-12(18)16-9-14-7-8-15(10-17(14)20-16)19-11-13-5-3-2-4-6-13;17-16(18)15-8-12-6-7-13(9-14(12)20-15)19-10-11-4-2-1-3-5-11;1-2-14-11(13)10-5-7-3-4-8(12)6-9(7)15-10;8-6-7-4-2-1-3-5-7;1-4-2-3;;;;/h3-11H,12H2,1-2H3;1-9H,10-11H2;2-10H,11H2,1H3;1-9H,10H2,(H,17,18);3-6,12H,2H2,1H3;1-5H,6H2;2-3H2,1H3;1H3;1H;;1H/q;;;;;;;-1;;+2;/p-1/i;;;;;;;;;;1+1. The van der Waals surface area contributed by atoms with Crippen molar-refractivity contribution in [1.82, 2.24) is 5.06 Å². The number of esters is 1. The molecule has 15 aromatic rings. The number of hydrogen-bond donors (Lipinski definition) is 3. The van der Waals surface area contributed by atoms with Gasteiger partial charge in [-0.2, -0.15) is 0 Å². The number of ketones is 2. The van der Waals surface area contributed by atoms with Gasteiger partial charge < -0.3 is 68.8 Å². The van der Waals surface area contributed by atoms with E-state index in [4.69, 9.17) is 39.4 Å². The maximum absolute atomic E-state index is 12.1. The molecule has 5 heterocycles. The molecule has 16 nitrogen and oxygen atoms in total. The average Bonchev–Trinajstić information content (AvgIpc) is 1.71. The monoisotopic (exact) mass is 1830 g/mol. The second kappa shape index (κ2) is 49.6. The predicted molar refractivity (Wildman–Crippen MR) is 473 cm³/mol. The number of ether oxygens (including phenoxy) is 6. The zero-order chi connectivity index (χ0) is 78.9. The molecule has 0 saturated heterocycles. The Labute approximate surface area is 728 Å². The van der Waals surface area contributed by atoms with Crippen LogP contribution in [-0.2, 0) is 46.1 Å². The van der Waals surface area contributed by atoms with Gasteiger partial charge in [0, 0.05) is 44.4 Å². The third-order valence-corrected chi connectivity index (χ3v) is 22.6. The number of carbonyl (C=O) groups excluding carboxylic acids is 4. The fourth-order valence-corrected chi connectivity index (χ4v) is 15.9. The number of benzene rings is 10. The molecule has 1 amide bonds. The minimum absolute atomic E-state index is 0. The Balaban J connectivity index is 0.000000246. The Morgan fingerprint density at radius 2 is 0.746 bits per heavy atom. The number of nitrogens with zero attached hydrogens (tertiary/aromatic N) is 1. The number of alkyl halides is 2. The van der Waals surface area contributed by atoms with Crippen LogP contribution in [0.25, 0.3) is 50.4 Å². The van der Waals surface area contributed by atoms with Gasteiger partial charge in [0.15, 0.2) is 11.6 Å². The van der Waals surface area contributed by atoms with E-state index in [1.54, 1.807) is 58.3 Å². The molecule has 15 rings (SSSR count). The van der Waals surface area contributed by atoms with Crippen LogP contribution in [0.4, 0.5) is 0 Å². The van der Waals surface area contributed by atoms with Gasteiger partial charge in [-0.05, 0) is 190 Å². The van der Waals surface area contributed by atoms with Crippen LogP contribution in [0.3, 0.4) is 0 Å². The van der Waals surface area contributed by atoms with E-state index in [0.29, 0.717) is 59.7 Å². The van der Waals surface area contributed by atoms with Crippen LogP contribution in [0.2, 0.25) is 0 Å². The maximum Gasteiger partial charge on any atom is 2.00 e. The number of carboxylic acids is 1. The number of methoxy groups -OCH3 is 1. The molecule has 0 bridgehead atoms. The molecular formula is C89H85Br3MgN2O14S5. The summed E-state index contributed by atoms with van der Waals surface area (Å²) in [6.45, 7) is 6.19. The Morgan fingerprint density at radius 1 is 0.439 bits per heavy atom. The first-order valence-electron chi connectivity index (χ1n) is 34.6. The molecule has 5 aromatic heterocycles. The number of rotatable bonds is 22. The van der Waals surface area contributed by atoms with Gasteiger partial charge in [0.25, 0.3) is 5.91 Å². The maximum atomic E-state index is 12.1. The van der Waals surface area contributed by atoms with E-state index in [-0.39, 0.29) is 78.1 Å². The number of thiophene rings is 5. The van der Waals surface area contributed by atoms with Crippen LogP contribution in [0.15, 0.2) is 273 Å². The van der Waals surface area contributed by atoms with Crippen LogP contribution in [0, 0.1) is 7.43 Å². The van der Waals surface area contributed by atoms with Crippen LogP contribution < -0.4 is 41.7 Å². The van der Waals surface area contributed by atoms with Crippen molar-refractivity contribution in [3.63, 3.8) is 0 Å². The van der Waals surface area contributed by atoms with Crippen molar-refractivity contribution in [3.8, 4) is 28.7 Å². The molecule has 25 heteroatoms. The number of amides is 1. The zero-order valence-corrected chi connectivity index (χ0v) is 73.6. The first-order chi connectivity index (χ1) is 53.9. The molecule has 0 aliphatic heterocycles. The summed E-state index contributed by atoms with van der Waals surface area (Å²) in [5.74, 6) is 2.28. The predicted octanol–water partition coefficient (Wildman–Crippen LogP) is 20.3. The van der Waals surface area contributed by atoms with Crippen molar-refractivity contribution in [1.29, 1.82) is 0 Å². The first-order valence-corrected chi connectivity index (χ1v) is 40.9. The van der Waals surface area contributed by atoms with E-state index in [2.05, 4.69) is 48.7 Å². The van der Waals surface area contributed by atoms with Gasteiger partial charge in [0.2, 0.25) is 0 Å². The Kier molecular flexibility index (Phi) is 40.7. The summed E-state index contributed by atoms with van der Waals surface area (Å²) in [7, 11) is 4.63. The third kappa shape index (κ3) is 29.6. The van der Waals surface area contributed by atoms with Crippen LogP contribution in [-0.4, -0.2) is 108 Å². The van der Waals surface area contributed by atoms with E-state index >= 15 is 0 Å². The van der Waals surface area contributed by atoms with Gasteiger partial charge in [-0.25, -0.2) is 14.7 Å². The van der Waals surface area contributed by atoms with Gasteiger partial charge in [0.1, 0.15) is 64.9 Å². The number of aromatic carboxylic acids is 1. The van der Waals surface area contributed by atoms with Crippen molar-refractivity contribution in [2.75, 3.05) is 39.9 Å². The van der Waals surface area contributed by atoms with E-state index < -0.39 is 5.97 Å². The number of Topliss-reactive ketones (excluding diaryl/α,β-unsaturated/α-hetero) is 2. The number of phenolic OH excluding ortho intramolecular Hbond substituents is 1. The van der Waals surface area contributed by atoms with Gasteiger partial charge >= 0.3 is 35.0 Å².